The van der Waals surface area contributed by atoms with Crippen LogP contribution in [0.2, 0.25) is 0 Å². The van der Waals surface area contributed by atoms with Crippen LogP contribution in [0.3, 0.4) is 0 Å². The summed E-state index contributed by atoms with van der Waals surface area (Å²) in [5.41, 5.74) is -2.38. The maximum Gasteiger partial charge on any atom is 0.326 e. The van der Waals surface area contributed by atoms with Gasteiger partial charge in [-0.3, -0.25) is 19.2 Å². The summed E-state index contributed by atoms with van der Waals surface area (Å²) in [6.07, 6.45) is -0.0859. The number of nitrogens with zero attached hydrogens (tertiary/aromatic N) is 1. The number of benzene rings is 2. The van der Waals surface area contributed by atoms with Crippen LogP contribution >= 0.6 is 0 Å². The molecule has 4 rings (SSSR count). The number of ether oxygens (including phenoxy) is 2. The molecule has 1 atom stereocenters. The third kappa shape index (κ3) is 2.32. The van der Waals surface area contributed by atoms with Crippen LogP contribution in [-0.4, -0.2) is 38.7 Å². The number of carbonyl (C=O) groups is 3. The normalized spacial score (nSPS) is 22.0. The lowest BCUT2D eigenvalue weighted by atomic mass is 9.63. The Morgan fingerprint density at radius 3 is 2.28 bits per heavy atom. The lowest BCUT2D eigenvalue weighted by Crippen LogP contribution is -2.70. The quantitative estimate of drug-likeness (QED) is 0.626. The van der Waals surface area contributed by atoms with E-state index in [0.717, 1.165) is 0 Å². The molecule has 2 aromatic rings. The average molecular weight is 396 g/mol. The van der Waals surface area contributed by atoms with E-state index < -0.39 is 28.8 Å². The molecule has 0 bridgehead atoms. The summed E-state index contributed by atoms with van der Waals surface area (Å²) in [5, 5.41) is 4.13. The highest BCUT2D eigenvalue weighted by Gasteiger charge is 2.75. The zero-order valence-corrected chi connectivity index (χ0v) is 16.0. The highest BCUT2D eigenvalue weighted by molar-refractivity contribution is 6.17. The van der Waals surface area contributed by atoms with Crippen LogP contribution in [0.5, 0.6) is 0 Å². The minimum atomic E-state index is -1.97. The first kappa shape index (κ1) is 18.9. The van der Waals surface area contributed by atoms with Gasteiger partial charge in [0.1, 0.15) is 0 Å². The minimum absolute atomic E-state index is 0.0102. The predicted octanol–water partition coefficient (Wildman–Crippen LogP) is 2.01. The fraction of sp³-hybridized carbons (Fsp3) is 0.286. The van der Waals surface area contributed by atoms with Gasteiger partial charge in [0.25, 0.3) is 5.91 Å². The number of amides is 1. The molecular formula is C21H20N2O6. The Labute approximate surface area is 167 Å². The number of nitrogens with one attached hydrogen (secondary N) is 1. The van der Waals surface area contributed by atoms with Gasteiger partial charge in [-0.05, 0) is 18.2 Å². The molecule has 8 heteroatoms. The van der Waals surface area contributed by atoms with Crippen molar-refractivity contribution in [1.29, 1.82) is 0 Å². The van der Waals surface area contributed by atoms with Gasteiger partial charge in [0.05, 0.1) is 26.5 Å². The monoisotopic (exact) mass is 396 g/mol. The highest BCUT2D eigenvalue weighted by Crippen LogP contribution is 2.57. The van der Waals surface area contributed by atoms with Crippen LogP contribution in [0.1, 0.15) is 12.0 Å². The molecule has 0 aromatic heterocycles. The van der Waals surface area contributed by atoms with Crippen LogP contribution in [0.4, 0.5) is 11.4 Å². The number of para-hydroxylation sites is 2. The molecule has 2 aromatic carbocycles. The second-order valence-corrected chi connectivity index (χ2v) is 6.81. The maximum atomic E-state index is 13.6. The first-order valence-corrected chi connectivity index (χ1v) is 9.10. The van der Waals surface area contributed by atoms with Crippen molar-refractivity contribution in [2.24, 2.45) is 5.41 Å². The van der Waals surface area contributed by atoms with Crippen LogP contribution < -0.4 is 10.4 Å². The number of carbonyl (C=O) groups excluding carboxylic acids is 3. The topological polar surface area (TPSA) is 94.2 Å². The van der Waals surface area contributed by atoms with Gasteiger partial charge >= 0.3 is 11.9 Å². The first-order valence-electron chi connectivity index (χ1n) is 9.10. The van der Waals surface area contributed by atoms with Crippen molar-refractivity contribution in [3.8, 4) is 0 Å². The lowest BCUT2D eigenvalue weighted by Gasteiger charge is -2.52. The second kappa shape index (κ2) is 6.89. The van der Waals surface area contributed by atoms with Crippen molar-refractivity contribution < 1.29 is 28.7 Å². The molecule has 150 valence electrons. The minimum Gasteiger partial charge on any atom is -0.468 e. The first-order chi connectivity index (χ1) is 14.0. The zero-order chi connectivity index (χ0) is 20.6. The van der Waals surface area contributed by atoms with Gasteiger partial charge in [-0.15, -0.1) is 0 Å². The number of anilines is 2. The van der Waals surface area contributed by atoms with E-state index in [1.807, 2.05) is 6.07 Å². The molecule has 0 radical (unpaired) electrons. The maximum absolute atomic E-state index is 13.6. The molecule has 1 N–H and O–H groups in total. The third-order valence-corrected chi connectivity index (χ3v) is 5.57. The van der Waals surface area contributed by atoms with Gasteiger partial charge in [0.15, 0.2) is 5.54 Å². The third-order valence-electron chi connectivity index (χ3n) is 5.57. The SMILES string of the molecule is COC(=O)C1(C(=O)OC)CCON(c2ccccc2)C12C(=O)Nc1ccccc12. The van der Waals surface area contributed by atoms with E-state index in [1.54, 1.807) is 48.5 Å². The fourth-order valence-corrected chi connectivity index (χ4v) is 4.37. The smallest absolute Gasteiger partial charge is 0.326 e. The molecule has 8 nitrogen and oxygen atoms in total. The molecule has 29 heavy (non-hydrogen) atoms. The van der Waals surface area contributed by atoms with Gasteiger partial charge in [0, 0.05) is 17.7 Å². The molecule has 2 heterocycles. The number of hydrogen-bond acceptors (Lipinski definition) is 7. The Morgan fingerprint density at radius 1 is 1.00 bits per heavy atom. The van der Waals surface area contributed by atoms with E-state index in [2.05, 4.69) is 5.32 Å². The molecular weight excluding hydrogens is 376 g/mol. The van der Waals surface area contributed by atoms with E-state index in [-0.39, 0.29) is 13.0 Å². The van der Waals surface area contributed by atoms with E-state index in [9.17, 15) is 14.4 Å². The number of hydrogen-bond donors (Lipinski definition) is 1. The lowest BCUT2D eigenvalue weighted by molar-refractivity contribution is -0.191. The Morgan fingerprint density at radius 2 is 1.62 bits per heavy atom. The van der Waals surface area contributed by atoms with E-state index in [4.69, 9.17) is 14.3 Å². The summed E-state index contributed by atoms with van der Waals surface area (Å²) < 4.78 is 10.1. The molecule has 0 aliphatic carbocycles. The summed E-state index contributed by atoms with van der Waals surface area (Å²) >= 11 is 0. The van der Waals surface area contributed by atoms with Gasteiger partial charge in [-0.1, -0.05) is 36.4 Å². The molecule has 2 aliphatic rings. The number of esters is 2. The summed E-state index contributed by atoms with van der Waals surface area (Å²) in [6.45, 7) is 0.0102. The van der Waals surface area contributed by atoms with Crippen LogP contribution in [-0.2, 0) is 34.2 Å². The van der Waals surface area contributed by atoms with Crippen molar-refractivity contribution in [1.82, 2.24) is 0 Å². The van der Waals surface area contributed by atoms with Crippen LogP contribution in [0.15, 0.2) is 54.6 Å². The fourth-order valence-electron chi connectivity index (χ4n) is 4.37. The molecule has 1 unspecified atom stereocenters. The van der Waals surface area contributed by atoms with Gasteiger partial charge in [-0.2, -0.15) is 0 Å². The summed E-state index contributed by atoms with van der Waals surface area (Å²) in [6, 6.07) is 15.7. The average Bonchev–Trinajstić information content (AvgIpc) is 3.06. The summed E-state index contributed by atoms with van der Waals surface area (Å²) in [7, 11) is 2.36. The standard InChI is InChI=1S/C21H20N2O6/c1-27-18(25)20(19(26)28-2)12-13-29-23(14-8-4-3-5-9-14)21(20)15-10-6-7-11-16(15)22-17(21)24/h3-11H,12-13H2,1-2H3,(H,22,24). The Bertz CT molecular complexity index is 960. The Hall–Kier alpha value is -3.39. The zero-order valence-electron chi connectivity index (χ0n) is 16.0. The Kier molecular flexibility index (Phi) is 4.50. The highest BCUT2D eigenvalue weighted by atomic mass is 16.7. The van der Waals surface area contributed by atoms with E-state index in [1.165, 1.54) is 19.3 Å². The van der Waals surface area contributed by atoms with E-state index in [0.29, 0.717) is 16.9 Å². The number of methoxy groups -OCH3 is 2. The van der Waals surface area contributed by atoms with Crippen molar-refractivity contribution in [2.45, 2.75) is 12.0 Å². The number of rotatable bonds is 3. The van der Waals surface area contributed by atoms with Crippen molar-refractivity contribution in [3.63, 3.8) is 0 Å². The molecule has 1 spiro atoms. The summed E-state index contributed by atoms with van der Waals surface area (Å²) in [5.74, 6) is -2.29. The second-order valence-electron chi connectivity index (χ2n) is 6.81. The van der Waals surface area contributed by atoms with Crippen LogP contribution in [0.25, 0.3) is 0 Å². The van der Waals surface area contributed by atoms with Gasteiger partial charge in [0.2, 0.25) is 5.41 Å². The number of hydroxylamine groups is 1. The Balaban J connectivity index is 2.10. The van der Waals surface area contributed by atoms with Crippen molar-refractivity contribution in [2.75, 3.05) is 31.2 Å². The molecule has 1 saturated heterocycles. The predicted molar refractivity (Wildman–Crippen MR) is 103 cm³/mol. The molecule has 0 saturated carbocycles. The number of fused-ring (bicyclic) bond motifs is 2. The summed E-state index contributed by atoms with van der Waals surface area (Å²) in [4.78, 5) is 45.9. The van der Waals surface area contributed by atoms with Gasteiger partial charge in [-0.25, -0.2) is 5.06 Å². The molecule has 2 aliphatic heterocycles. The van der Waals surface area contributed by atoms with Crippen molar-refractivity contribution in [3.05, 3.63) is 60.2 Å². The largest absolute Gasteiger partial charge is 0.468 e. The molecule has 1 amide bonds. The van der Waals surface area contributed by atoms with E-state index >= 15 is 0 Å². The van der Waals surface area contributed by atoms with Gasteiger partial charge < -0.3 is 14.8 Å². The van der Waals surface area contributed by atoms with Crippen molar-refractivity contribution >= 4 is 29.2 Å². The molecule has 1 fully saturated rings. The van der Waals surface area contributed by atoms with Crippen LogP contribution in [0, 0.1) is 5.41 Å².